The zero-order valence-corrected chi connectivity index (χ0v) is 13.2. The average Bonchev–Trinajstić information content (AvgIpc) is 2.92. The maximum Gasteiger partial charge on any atom is 0.407 e. The average molecular weight is 324 g/mol. The van der Waals surface area contributed by atoms with Crippen LogP contribution in [0.25, 0.3) is 11.1 Å². The van der Waals surface area contributed by atoms with E-state index >= 15 is 0 Å². The lowest BCUT2D eigenvalue weighted by molar-refractivity contribution is 0.142. The van der Waals surface area contributed by atoms with Crippen molar-refractivity contribution in [3.8, 4) is 11.1 Å². The molecule has 0 radical (unpaired) electrons. The third kappa shape index (κ3) is 3.12. The van der Waals surface area contributed by atoms with Crippen molar-refractivity contribution in [3.05, 3.63) is 72.0 Å². The number of nitrogens with one attached hydrogen (secondary N) is 1. The van der Waals surface area contributed by atoms with Crippen LogP contribution in [0, 0.1) is 0 Å². The van der Waals surface area contributed by atoms with Gasteiger partial charge in [0.15, 0.2) is 0 Å². The second-order valence-electron chi connectivity index (χ2n) is 5.80. The predicted octanol–water partition coefficient (Wildman–Crippen LogP) is 2.92. The van der Waals surface area contributed by atoms with E-state index in [1.54, 1.807) is 0 Å². The molecule has 0 aliphatic heterocycles. The number of ether oxygens (including phenoxy) is 1. The summed E-state index contributed by atoms with van der Waals surface area (Å²) in [5.74, 6) is -0.154. The number of aliphatic hydroxyl groups excluding tert-OH is 1. The largest absolute Gasteiger partial charge is 0.511 e. The molecule has 0 unspecified atom stereocenters. The molecule has 0 fully saturated rings. The fourth-order valence-electron chi connectivity index (χ4n) is 2.96. The zero-order chi connectivity index (χ0) is 17.1. The van der Waals surface area contributed by atoms with E-state index in [-0.39, 0.29) is 24.8 Å². The number of amides is 1. The van der Waals surface area contributed by atoms with Gasteiger partial charge in [0, 0.05) is 12.5 Å². The number of carbonyl (C=O) groups is 1. The molecule has 1 atom stereocenters. The molecule has 1 aliphatic rings. The van der Waals surface area contributed by atoms with Crippen LogP contribution in [0.3, 0.4) is 0 Å². The molecule has 0 saturated heterocycles. The highest BCUT2D eigenvalue weighted by atomic mass is 16.5. The lowest BCUT2D eigenvalue weighted by atomic mass is 9.98. The summed E-state index contributed by atoms with van der Waals surface area (Å²) in [5, 5.41) is 11.7. The quantitative estimate of drug-likeness (QED) is 0.738. The van der Waals surface area contributed by atoms with Crippen molar-refractivity contribution >= 4 is 6.09 Å². The summed E-state index contributed by atoms with van der Waals surface area (Å²) in [6.07, 6.45) is -0.562. The fraction of sp³-hybridized carbons (Fsp3) is 0.211. The van der Waals surface area contributed by atoms with E-state index in [2.05, 4.69) is 36.2 Å². The summed E-state index contributed by atoms with van der Waals surface area (Å²) in [6.45, 7) is 3.65. The highest BCUT2D eigenvalue weighted by Crippen LogP contribution is 2.44. The summed E-state index contributed by atoms with van der Waals surface area (Å²) in [5.41, 5.74) is 10.3. The molecule has 24 heavy (non-hydrogen) atoms. The molecule has 0 bridgehead atoms. The maximum absolute atomic E-state index is 11.9. The highest BCUT2D eigenvalue weighted by Gasteiger charge is 2.28. The second-order valence-corrected chi connectivity index (χ2v) is 5.80. The smallest absolute Gasteiger partial charge is 0.407 e. The monoisotopic (exact) mass is 324 g/mol. The lowest BCUT2D eigenvalue weighted by Crippen LogP contribution is -2.38. The number of carbonyl (C=O) groups excluding carboxylic acids is 1. The normalized spacial score (nSPS) is 13.7. The molecule has 0 aromatic heterocycles. The van der Waals surface area contributed by atoms with E-state index < -0.39 is 12.1 Å². The van der Waals surface area contributed by atoms with Crippen LogP contribution in [0.4, 0.5) is 4.79 Å². The fourth-order valence-corrected chi connectivity index (χ4v) is 2.96. The van der Waals surface area contributed by atoms with E-state index in [4.69, 9.17) is 15.6 Å². The van der Waals surface area contributed by atoms with E-state index in [1.165, 1.54) is 11.1 Å². The molecular weight excluding hydrogens is 304 g/mol. The van der Waals surface area contributed by atoms with Crippen molar-refractivity contribution in [1.82, 2.24) is 5.32 Å². The summed E-state index contributed by atoms with van der Waals surface area (Å²) < 4.78 is 5.35. The number of hydrogen-bond acceptors (Lipinski definition) is 4. The molecule has 124 valence electrons. The van der Waals surface area contributed by atoms with Gasteiger partial charge in [0.25, 0.3) is 0 Å². The minimum absolute atomic E-state index is 0.0182. The molecule has 5 nitrogen and oxygen atoms in total. The van der Waals surface area contributed by atoms with Gasteiger partial charge >= 0.3 is 6.09 Å². The lowest BCUT2D eigenvalue weighted by Gasteiger charge is -2.15. The SMILES string of the molecule is C=C(O)[C@@H](N)CNC(=O)OCC1c2ccccc2-c2ccccc21. The minimum Gasteiger partial charge on any atom is -0.511 e. The summed E-state index contributed by atoms with van der Waals surface area (Å²) in [7, 11) is 0. The van der Waals surface area contributed by atoms with E-state index in [1.807, 2.05) is 24.3 Å². The third-order valence-corrected chi connectivity index (χ3v) is 4.24. The van der Waals surface area contributed by atoms with Gasteiger partial charge in [0.1, 0.15) is 12.4 Å². The molecular formula is C19H20N2O3. The van der Waals surface area contributed by atoms with Crippen LogP contribution in [0.5, 0.6) is 0 Å². The molecule has 0 saturated carbocycles. The van der Waals surface area contributed by atoms with Crippen LogP contribution in [0.2, 0.25) is 0 Å². The Kier molecular flexibility index (Phi) is 4.53. The second kappa shape index (κ2) is 6.76. The predicted molar refractivity (Wildman–Crippen MR) is 92.8 cm³/mol. The van der Waals surface area contributed by atoms with Gasteiger partial charge in [-0.2, -0.15) is 0 Å². The summed E-state index contributed by atoms with van der Waals surface area (Å²) in [6, 6.07) is 15.6. The van der Waals surface area contributed by atoms with Gasteiger partial charge in [0.05, 0.1) is 6.04 Å². The maximum atomic E-state index is 11.9. The number of benzene rings is 2. The zero-order valence-electron chi connectivity index (χ0n) is 13.2. The van der Waals surface area contributed by atoms with E-state index in [0.717, 1.165) is 11.1 Å². The van der Waals surface area contributed by atoms with Crippen molar-refractivity contribution in [1.29, 1.82) is 0 Å². The Labute approximate surface area is 140 Å². The molecule has 0 spiro atoms. The Morgan fingerprint density at radius 2 is 1.71 bits per heavy atom. The van der Waals surface area contributed by atoms with Crippen LogP contribution in [0.15, 0.2) is 60.9 Å². The number of rotatable bonds is 5. The van der Waals surface area contributed by atoms with E-state index in [9.17, 15) is 4.79 Å². The van der Waals surface area contributed by atoms with Crippen molar-refractivity contribution in [2.24, 2.45) is 5.73 Å². The van der Waals surface area contributed by atoms with Crippen molar-refractivity contribution in [2.75, 3.05) is 13.2 Å². The molecule has 2 aromatic rings. The molecule has 0 heterocycles. The number of alkyl carbamates (subject to hydrolysis) is 1. The molecule has 1 aliphatic carbocycles. The first kappa shape index (κ1) is 16.1. The highest BCUT2D eigenvalue weighted by molar-refractivity contribution is 5.79. The molecule has 5 heteroatoms. The first-order valence-corrected chi connectivity index (χ1v) is 7.80. The van der Waals surface area contributed by atoms with E-state index in [0.29, 0.717) is 0 Å². The van der Waals surface area contributed by atoms with Crippen LogP contribution in [0.1, 0.15) is 17.0 Å². The van der Waals surface area contributed by atoms with Gasteiger partial charge < -0.3 is 20.9 Å². The van der Waals surface area contributed by atoms with Crippen LogP contribution >= 0.6 is 0 Å². The Morgan fingerprint density at radius 1 is 1.17 bits per heavy atom. The standard InChI is InChI=1S/C19H20N2O3/c1-12(22)18(20)10-21-19(23)24-11-17-15-8-4-2-6-13(15)14-7-3-5-9-16(14)17/h2-9,17-18,22H,1,10-11,20H2,(H,21,23)/t18-/m0/s1. The van der Waals surface area contributed by atoms with Crippen molar-refractivity contribution in [2.45, 2.75) is 12.0 Å². The van der Waals surface area contributed by atoms with Gasteiger partial charge in [-0.1, -0.05) is 55.1 Å². The van der Waals surface area contributed by atoms with Gasteiger partial charge in [-0.25, -0.2) is 4.79 Å². The van der Waals surface area contributed by atoms with Crippen LogP contribution in [-0.2, 0) is 4.74 Å². The number of aliphatic hydroxyl groups is 1. The number of nitrogens with two attached hydrogens (primary N) is 1. The van der Waals surface area contributed by atoms with Crippen LogP contribution in [-0.4, -0.2) is 30.4 Å². The molecule has 3 rings (SSSR count). The Balaban J connectivity index is 1.67. The van der Waals surface area contributed by atoms with Gasteiger partial charge in [-0.05, 0) is 22.3 Å². The third-order valence-electron chi connectivity index (χ3n) is 4.24. The Hall–Kier alpha value is -2.79. The summed E-state index contributed by atoms with van der Waals surface area (Å²) in [4.78, 5) is 11.9. The summed E-state index contributed by atoms with van der Waals surface area (Å²) >= 11 is 0. The Morgan fingerprint density at radius 3 is 2.25 bits per heavy atom. The topological polar surface area (TPSA) is 84.6 Å². The first-order chi connectivity index (χ1) is 11.6. The number of hydrogen-bond donors (Lipinski definition) is 3. The van der Waals surface area contributed by atoms with Gasteiger partial charge in [0.2, 0.25) is 0 Å². The van der Waals surface area contributed by atoms with Gasteiger partial charge in [-0.15, -0.1) is 0 Å². The molecule has 4 N–H and O–H groups in total. The van der Waals surface area contributed by atoms with Crippen LogP contribution < -0.4 is 11.1 Å². The molecule has 1 amide bonds. The first-order valence-electron chi connectivity index (χ1n) is 7.80. The van der Waals surface area contributed by atoms with Crippen molar-refractivity contribution in [3.63, 3.8) is 0 Å². The number of fused-ring (bicyclic) bond motifs is 3. The van der Waals surface area contributed by atoms with Crippen molar-refractivity contribution < 1.29 is 14.6 Å². The Bertz CT molecular complexity index is 727. The van der Waals surface area contributed by atoms with Gasteiger partial charge in [-0.3, -0.25) is 0 Å². The minimum atomic E-state index is -0.703. The molecule has 2 aromatic carbocycles.